The average Bonchev–Trinajstić information content (AvgIpc) is 2.34. The van der Waals surface area contributed by atoms with Crippen LogP contribution in [0.5, 0.6) is 0 Å². The number of amides is 1. The largest absolute Gasteiger partial charge is 0.481 e. The molecular formula is C14H17F2NO3. The van der Waals surface area contributed by atoms with E-state index < -0.39 is 35.1 Å². The maximum atomic E-state index is 13.9. The molecule has 0 aliphatic carbocycles. The van der Waals surface area contributed by atoms with Crippen molar-refractivity contribution in [2.45, 2.75) is 33.2 Å². The van der Waals surface area contributed by atoms with Crippen molar-refractivity contribution in [3.8, 4) is 0 Å². The molecule has 0 saturated heterocycles. The number of benzene rings is 1. The molecule has 4 nitrogen and oxygen atoms in total. The highest BCUT2D eigenvalue weighted by atomic mass is 19.1. The van der Waals surface area contributed by atoms with Crippen LogP contribution in [-0.2, 0) is 4.79 Å². The maximum absolute atomic E-state index is 13.9. The summed E-state index contributed by atoms with van der Waals surface area (Å²) in [7, 11) is 0. The van der Waals surface area contributed by atoms with E-state index in [0.29, 0.717) is 0 Å². The van der Waals surface area contributed by atoms with E-state index in [0.717, 1.165) is 11.0 Å². The minimum absolute atomic E-state index is 0.164. The zero-order chi connectivity index (χ0) is 15.4. The molecule has 0 radical (unpaired) electrons. The molecule has 0 bridgehead atoms. The van der Waals surface area contributed by atoms with Crippen molar-refractivity contribution < 1.29 is 23.5 Å². The molecule has 0 aliphatic heterocycles. The second-order valence-electron chi connectivity index (χ2n) is 4.59. The highest BCUT2D eigenvalue weighted by molar-refractivity contribution is 5.95. The minimum Gasteiger partial charge on any atom is -0.481 e. The summed E-state index contributed by atoms with van der Waals surface area (Å²) < 4.78 is 27.6. The van der Waals surface area contributed by atoms with E-state index in [-0.39, 0.29) is 18.5 Å². The summed E-state index contributed by atoms with van der Waals surface area (Å²) >= 11 is 0. The van der Waals surface area contributed by atoms with Gasteiger partial charge in [0, 0.05) is 12.6 Å². The van der Waals surface area contributed by atoms with Gasteiger partial charge >= 0.3 is 5.97 Å². The number of rotatable bonds is 5. The number of carboxylic acids is 1. The number of carbonyl (C=O) groups is 2. The molecule has 1 N–H and O–H groups in total. The summed E-state index contributed by atoms with van der Waals surface area (Å²) in [6, 6.07) is 1.63. The number of aryl methyl sites for hydroxylation is 1. The fourth-order valence-corrected chi connectivity index (χ4v) is 2.01. The van der Waals surface area contributed by atoms with Crippen molar-refractivity contribution in [3.05, 3.63) is 34.9 Å². The third-order valence-corrected chi connectivity index (χ3v) is 3.10. The molecule has 6 heteroatoms. The predicted octanol–water partition coefficient (Wildman–Crippen LogP) is 2.60. The Labute approximate surface area is 116 Å². The summed E-state index contributed by atoms with van der Waals surface area (Å²) in [5, 5.41) is 8.75. The molecule has 0 aromatic heterocycles. The van der Waals surface area contributed by atoms with Crippen molar-refractivity contribution in [1.29, 1.82) is 0 Å². The Hall–Kier alpha value is -1.98. The van der Waals surface area contributed by atoms with Crippen LogP contribution in [0, 0.1) is 18.6 Å². The lowest BCUT2D eigenvalue weighted by atomic mass is 10.1. The number of nitrogens with zero attached hydrogens (tertiary/aromatic N) is 1. The third-order valence-electron chi connectivity index (χ3n) is 3.10. The van der Waals surface area contributed by atoms with E-state index in [1.807, 2.05) is 0 Å². The Morgan fingerprint density at radius 1 is 1.35 bits per heavy atom. The van der Waals surface area contributed by atoms with Crippen LogP contribution in [0.25, 0.3) is 0 Å². The topological polar surface area (TPSA) is 57.6 Å². The zero-order valence-corrected chi connectivity index (χ0v) is 11.6. The van der Waals surface area contributed by atoms with E-state index in [1.54, 1.807) is 6.92 Å². The molecule has 1 atom stereocenters. The molecule has 1 unspecified atom stereocenters. The monoisotopic (exact) mass is 285 g/mol. The van der Waals surface area contributed by atoms with Gasteiger partial charge in [0.15, 0.2) is 0 Å². The van der Waals surface area contributed by atoms with Gasteiger partial charge in [-0.15, -0.1) is 0 Å². The molecule has 0 heterocycles. The quantitative estimate of drug-likeness (QED) is 0.904. The Balaban J connectivity index is 3.15. The van der Waals surface area contributed by atoms with Crippen molar-refractivity contribution in [3.63, 3.8) is 0 Å². The molecule has 1 aromatic rings. The molecule has 1 aromatic carbocycles. The number of carbonyl (C=O) groups excluding carboxylic acids is 1. The second-order valence-corrected chi connectivity index (χ2v) is 4.59. The number of halogens is 2. The summed E-state index contributed by atoms with van der Waals surface area (Å²) in [6.07, 6.45) is -0.283. The first kappa shape index (κ1) is 16.1. The lowest BCUT2D eigenvalue weighted by Gasteiger charge is -2.27. The third kappa shape index (κ3) is 3.31. The van der Waals surface area contributed by atoms with Crippen LogP contribution in [0.1, 0.15) is 36.2 Å². The van der Waals surface area contributed by atoms with Crippen LogP contribution in [-0.4, -0.2) is 34.5 Å². The van der Waals surface area contributed by atoms with Crippen molar-refractivity contribution in [1.82, 2.24) is 4.90 Å². The molecule has 0 spiro atoms. The van der Waals surface area contributed by atoms with Crippen LogP contribution in [0.4, 0.5) is 8.78 Å². The molecule has 1 rings (SSSR count). The van der Waals surface area contributed by atoms with E-state index in [4.69, 9.17) is 5.11 Å². The summed E-state index contributed by atoms with van der Waals surface area (Å²) in [5.41, 5.74) is -0.472. The average molecular weight is 285 g/mol. The highest BCUT2D eigenvalue weighted by Gasteiger charge is 2.27. The fraction of sp³-hybridized carbons (Fsp3) is 0.429. The molecule has 1 amide bonds. The predicted molar refractivity (Wildman–Crippen MR) is 69.5 cm³/mol. The number of hydrogen-bond donors (Lipinski definition) is 1. The second kappa shape index (κ2) is 6.45. The van der Waals surface area contributed by atoms with Gasteiger partial charge in [-0.25, -0.2) is 8.78 Å². The lowest BCUT2D eigenvalue weighted by molar-refractivity contribution is -0.138. The Kier molecular flexibility index (Phi) is 5.19. The van der Waals surface area contributed by atoms with Crippen LogP contribution in [0.15, 0.2) is 12.1 Å². The Morgan fingerprint density at radius 2 is 1.95 bits per heavy atom. The van der Waals surface area contributed by atoms with Gasteiger partial charge in [0.2, 0.25) is 0 Å². The normalized spacial score (nSPS) is 12.1. The maximum Gasteiger partial charge on any atom is 0.305 e. The van der Waals surface area contributed by atoms with E-state index >= 15 is 0 Å². The van der Waals surface area contributed by atoms with Gasteiger partial charge in [-0.2, -0.15) is 0 Å². The van der Waals surface area contributed by atoms with Gasteiger partial charge in [-0.05, 0) is 32.4 Å². The number of carboxylic acid groups (broad SMARTS) is 1. The molecule has 0 fully saturated rings. The number of hydrogen-bond acceptors (Lipinski definition) is 2. The Bertz CT molecular complexity index is 531. The molecule has 0 saturated carbocycles. The van der Waals surface area contributed by atoms with Crippen molar-refractivity contribution in [2.24, 2.45) is 0 Å². The summed E-state index contributed by atoms with van der Waals surface area (Å²) in [4.78, 5) is 24.1. The lowest BCUT2D eigenvalue weighted by Crippen LogP contribution is -2.40. The van der Waals surface area contributed by atoms with E-state index in [2.05, 4.69) is 0 Å². The highest BCUT2D eigenvalue weighted by Crippen LogP contribution is 2.20. The van der Waals surface area contributed by atoms with Crippen LogP contribution in [0.2, 0.25) is 0 Å². The first-order valence-corrected chi connectivity index (χ1v) is 6.26. The van der Waals surface area contributed by atoms with Crippen LogP contribution in [0.3, 0.4) is 0 Å². The smallest absolute Gasteiger partial charge is 0.305 e. The van der Waals surface area contributed by atoms with E-state index in [1.165, 1.54) is 19.9 Å². The molecule has 0 aliphatic rings. The van der Waals surface area contributed by atoms with Crippen molar-refractivity contribution in [2.75, 3.05) is 6.54 Å². The van der Waals surface area contributed by atoms with Gasteiger partial charge in [0.1, 0.15) is 17.2 Å². The van der Waals surface area contributed by atoms with Gasteiger partial charge in [-0.1, -0.05) is 6.07 Å². The summed E-state index contributed by atoms with van der Waals surface area (Å²) in [5.74, 6) is -3.76. The first-order chi connectivity index (χ1) is 9.29. The van der Waals surface area contributed by atoms with E-state index in [9.17, 15) is 18.4 Å². The van der Waals surface area contributed by atoms with Gasteiger partial charge in [-0.3, -0.25) is 9.59 Å². The van der Waals surface area contributed by atoms with Gasteiger partial charge in [0.05, 0.1) is 6.42 Å². The molecule has 20 heavy (non-hydrogen) atoms. The summed E-state index contributed by atoms with van der Waals surface area (Å²) in [6.45, 7) is 4.76. The molecular weight excluding hydrogens is 268 g/mol. The zero-order valence-electron chi connectivity index (χ0n) is 11.6. The first-order valence-electron chi connectivity index (χ1n) is 6.26. The van der Waals surface area contributed by atoms with Crippen LogP contribution < -0.4 is 0 Å². The standard InChI is InChI=1S/C14H17F2NO3/c1-4-17(9(3)7-11(18)19)14(20)12-10(15)6-5-8(2)13(12)16/h5-6,9H,4,7H2,1-3H3,(H,18,19). The van der Waals surface area contributed by atoms with Crippen LogP contribution >= 0.6 is 0 Å². The SMILES string of the molecule is CCN(C(=O)c1c(F)ccc(C)c1F)C(C)CC(=O)O. The van der Waals surface area contributed by atoms with Crippen molar-refractivity contribution >= 4 is 11.9 Å². The van der Waals surface area contributed by atoms with Gasteiger partial charge < -0.3 is 10.0 Å². The minimum atomic E-state index is -1.08. The fourth-order valence-electron chi connectivity index (χ4n) is 2.01. The molecule has 110 valence electrons. The van der Waals surface area contributed by atoms with Gasteiger partial charge in [0.25, 0.3) is 5.91 Å². The number of aliphatic carboxylic acids is 1. The Morgan fingerprint density at radius 3 is 2.45 bits per heavy atom.